The fourth-order valence-electron chi connectivity index (χ4n) is 2.93. The molecule has 152 valence electrons. The molecule has 9 heteroatoms. The van der Waals surface area contributed by atoms with E-state index in [0.717, 1.165) is 17.0 Å². The topological polar surface area (TPSA) is 113 Å². The zero-order chi connectivity index (χ0) is 21.1. The number of carbonyl (C=O) groups excluding carboxylic acids is 2. The van der Waals surface area contributed by atoms with Gasteiger partial charge in [-0.05, 0) is 50.6 Å². The van der Waals surface area contributed by atoms with Gasteiger partial charge in [-0.1, -0.05) is 0 Å². The maximum atomic E-state index is 12.6. The third-order valence-corrected chi connectivity index (χ3v) is 5.44. The maximum Gasteiger partial charge on any atom is 0.348 e. The number of nitrogens with zero attached hydrogens (tertiary/aromatic N) is 1. The lowest BCUT2D eigenvalue weighted by atomic mass is 10.2. The number of aromatic amines is 1. The molecule has 0 aliphatic carbocycles. The highest BCUT2D eigenvalue weighted by Crippen LogP contribution is 2.28. The Labute approximate surface area is 171 Å². The van der Waals surface area contributed by atoms with Crippen molar-refractivity contribution in [1.82, 2.24) is 9.97 Å². The van der Waals surface area contributed by atoms with Crippen LogP contribution in [0.1, 0.15) is 47.9 Å². The molecule has 29 heavy (non-hydrogen) atoms. The lowest BCUT2D eigenvalue weighted by Crippen LogP contribution is -2.17. The summed E-state index contributed by atoms with van der Waals surface area (Å²) in [5, 5.41) is 6.38. The number of amides is 1. The molecular formula is C20H22N4O4S. The molecule has 1 amide bonds. The Morgan fingerprint density at radius 2 is 1.90 bits per heavy atom. The SMILES string of the molecule is CCOC(=O)c1sc2nc([C@H](C)Nc3ccc(NC(C)=O)cc3)[nH]c(=O)c2c1C. The fraction of sp³-hybridized carbons (Fsp3) is 0.300. The van der Waals surface area contributed by atoms with Crippen LogP contribution in [0.25, 0.3) is 10.2 Å². The highest BCUT2D eigenvalue weighted by molar-refractivity contribution is 7.20. The van der Waals surface area contributed by atoms with Crippen LogP contribution < -0.4 is 16.2 Å². The average Bonchev–Trinajstić information content (AvgIpc) is 3.00. The van der Waals surface area contributed by atoms with Gasteiger partial charge in [0, 0.05) is 18.3 Å². The van der Waals surface area contributed by atoms with Crippen LogP contribution in [0.2, 0.25) is 0 Å². The van der Waals surface area contributed by atoms with Gasteiger partial charge in [0.2, 0.25) is 5.91 Å². The molecule has 2 aromatic heterocycles. The quantitative estimate of drug-likeness (QED) is 0.531. The van der Waals surface area contributed by atoms with Gasteiger partial charge < -0.3 is 20.4 Å². The summed E-state index contributed by atoms with van der Waals surface area (Å²) in [6.45, 7) is 7.05. The Hall–Kier alpha value is -3.20. The Kier molecular flexibility index (Phi) is 5.97. The molecule has 0 saturated carbocycles. The van der Waals surface area contributed by atoms with E-state index in [2.05, 4.69) is 20.6 Å². The van der Waals surface area contributed by atoms with E-state index in [4.69, 9.17) is 4.74 Å². The number of hydrogen-bond donors (Lipinski definition) is 3. The molecule has 3 aromatic rings. The Morgan fingerprint density at radius 3 is 2.52 bits per heavy atom. The minimum atomic E-state index is -0.445. The Morgan fingerprint density at radius 1 is 1.24 bits per heavy atom. The van der Waals surface area contributed by atoms with Gasteiger partial charge in [-0.3, -0.25) is 9.59 Å². The molecule has 1 aromatic carbocycles. The van der Waals surface area contributed by atoms with Crippen LogP contribution in [0.5, 0.6) is 0 Å². The van der Waals surface area contributed by atoms with Gasteiger partial charge in [0.05, 0.1) is 18.0 Å². The monoisotopic (exact) mass is 414 g/mol. The first-order chi connectivity index (χ1) is 13.8. The van der Waals surface area contributed by atoms with Gasteiger partial charge in [-0.2, -0.15) is 0 Å². The first-order valence-corrected chi connectivity index (χ1v) is 9.96. The largest absolute Gasteiger partial charge is 0.462 e. The van der Waals surface area contributed by atoms with Gasteiger partial charge >= 0.3 is 5.97 Å². The van der Waals surface area contributed by atoms with E-state index < -0.39 is 5.97 Å². The van der Waals surface area contributed by atoms with Crippen molar-refractivity contribution in [2.75, 3.05) is 17.2 Å². The van der Waals surface area contributed by atoms with Gasteiger partial charge in [0.1, 0.15) is 15.5 Å². The number of anilines is 2. The minimum Gasteiger partial charge on any atom is -0.462 e. The number of hydrogen-bond acceptors (Lipinski definition) is 7. The van der Waals surface area contributed by atoms with Crippen molar-refractivity contribution in [3.63, 3.8) is 0 Å². The molecule has 0 unspecified atom stereocenters. The predicted octanol–water partition coefficient (Wildman–Crippen LogP) is 3.60. The van der Waals surface area contributed by atoms with E-state index in [-0.39, 0.29) is 24.1 Å². The maximum absolute atomic E-state index is 12.6. The molecular weight excluding hydrogens is 392 g/mol. The van der Waals surface area contributed by atoms with E-state index in [1.807, 2.05) is 19.1 Å². The van der Waals surface area contributed by atoms with Gasteiger partial charge in [0.25, 0.3) is 5.56 Å². The van der Waals surface area contributed by atoms with Crippen molar-refractivity contribution in [2.24, 2.45) is 0 Å². The highest BCUT2D eigenvalue weighted by atomic mass is 32.1. The summed E-state index contributed by atoms with van der Waals surface area (Å²) in [6, 6.07) is 6.93. The smallest absolute Gasteiger partial charge is 0.348 e. The zero-order valence-electron chi connectivity index (χ0n) is 16.6. The second kappa shape index (κ2) is 8.44. The molecule has 3 rings (SSSR count). The van der Waals surface area contributed by atoms with Crippen LogP contribution in [-0.2, 0) is 9.53 Å². The lowest BCUT2D eigenvalue weighted by molar-refractivity contribution is -0.114. The Balaban J connectivity index is 1.86. The minimum absolute atomic E-state index is 0.136. The number of rotatable bonds is 6. The number of ether oxygens (including phenoxy) is 1. The molecule has 0 radical (unpaired) electrons. The van der Waals surface area contributed by atoms with Crippen molar-refractivity contribution in [3.8, 4) is 0 Å². The van der Waals surface area contributed by atoms with Crippen molar-refractivity contribution >= 4 is 44.8 Å². The number of fused-ring (bicyclic) bond motifs is 1. The fourth-order valence-corrected chi connectivity index (χ4v) is 4.01. The van der Waals surface area contributed by atoms with Crippen LogP contribution in [-0.4, -0.2) is 28.5 Å². The number of thiophene rings is 1. The number of carbonyl (C=O) groups is 2. The van der Waals surface area contributed by atoms with Crippen LogP contribution in [0, 0.1) is 6.92 Å². The van der Waals surface area contributed by atoms with E-state index in [9.17, 15) is 14.4 Å². The van der Waals surface area contributed by atoms with Crippen LogP contribution >= 0.6 is 11.3 Å². The normalized spacial score (nSPS) is 11.9. The molecule has 0 aliphatic rings. The second-order valence-corrected chi connectivity index (χ2v) is 7.53. The summed E-state index contributed by atoms with van der Waals surface area (Å²) in [5.74, 6) is -0.118. The Bertz CT molecular complexity index is 1120. The molecule has 2 heterocycles. The van der Waals surface area contributed by atoms with E-state index in [1.165, 1.54) is 6.92 Å². The van der Waals surface area contributed by atoms with Crippen molar-refractivity contribution < 1.29 is 14.3 Å². The van der Waals surface area contributed by atoms with E-state index in [0.29, 0.717) is 32.2 Å². The third-order valence-electron chi connectivity index (χ3n) is 4.28. The molecule has 0 saturated heterocycles. The summed E-state index contributed by atoms with van der Waals surface area (Å²) in [6.07, 6.45) is 0. The average molecular weight is 414 g/mol. The molecule has 0 spiro atoms. The molecule has 3 N–H and O–H groups in total. The summed E-state index contributed by atoms with van der Waals surface area (Å²) in [4.78, 5) is 44.1. The first-order valence-electron chi connectivity index (χ1n) is 9.14. The molecule has 0 fully saturated rings. The standard InChI is InChI=1S/C20H22N4O4S/c1-5-28-20(27)16-10(2)15-18(26)23-17(24-19(15)29-16)11(3)21-13-6-8-14(9-7-13)22-12(4)25/h6-9,11,21H,5H2,1-4H3,(H,22,25)(H,23,24,26)/t11-/m0/s1. The second-order valence-electron chi connectivity index (χ2n) is 6.53. The van der Waals surface area contributed by atoms with Crippen LogP contribution in [0.15, 0.2) is 29.1 Å². The molecule has 8 nitrogen and oxygen atoms in total. The van der Waals surface area contributed by atoms with Gasteiger partial charge in [-0.15, -0.1) is 11.3 Å². The lowest BCUT2D eigenvalue weighted by Gasteiger charge is -2.15. The van der Waals surface area contributed by atoms with Crippen molar-refractivity contribution in [1.29, 1.82) is 0 Å². The van der Waals surface area contributed by atoms with E-state index >= 15 is 0 Å². The molecule has 0 bridgehead atoms. The van der Waals surface area contributed by atoms with Crippen LogP contribution in [0.3, 0.4) is 0 Å². The number of benzene rings is 1. The van der Waals surface area contributed by atoms with Gasteiger partial charge in [-0.25, -0.2) is 9.78 Å². The number of nitrogens with one attached hydrogen (secondary N) is 3. The molecule has 1 atom stereocenters. The zero-order valence-corrected chi connectivity index (χ0v) is 17.4. The third kappa shape index (κ3) is 4.45. The summed E-state index contributed by atoms with van der Waals surface area (Å²) in [5.41, 5.74) is 1.80. The number of H-pyrrole nitrogens is 1. The number of aromatic nitrogens is 2. The first kappa shape index (κ1) is 20.5. The van der Waals surface area contributed by atoms with Crippen molar-refractivity contribution in [2.45, 2.75) is 33.7 Å². The van der Waals surface area contributed by atoms with Gasteiger partial charge in [0.15, 0.2) is 0 Å². The highest BCUT2D eigenvalue weighted by Gasteiger charge is 2.21. The molecule has 0 aliphatic heterocycles. The summed E-state index contributed by atoms with van der Waals surface area (Å²) < 4.78 is 5.06. The van der Waals surface area contributed by atoms with Crippen molar-refractivity contribution in [3.05, 3.63) is 50.9 Å². The summed E-state index contributed by atoms with van der Waals surface area (Å²) in [7, 11) is 0. The van der Waals surface area contributed by atoms with E-state index in [1.54, 1.807) is 26.0 Å². The number of aryl methyl sites for hydroxylation is 1. The number of esters is 1. The summed E-state index contributed by atoms with van der Waals surface area (Å²) >= 11 is 1.16. The van der Waals surface area contributed by atoms with Crippen LogP contribution in [0.4, 0.5) is 11.4 Å². The predicted molar refractivity (Wildman–Crippen MR) is 114 cm³/mol.